The molecule has 0 saturated carbocycles. The summed E-state index contributed by atoms with van der Waals surface area (Å²) in [5.74, 6) is 0. The SMILES string of the molecule is C=NN(C)C1CCN(C)CC1.CCC. The zero-order valence-corrected chi connectivity index (χ0v) is 10.2. The van der Waals surface area contributed by atoms with Gasteiger partial charge in [0.1, 0.15) is 0 Å². The number of nitrogens with zero attached hydrogens (tertiary/aromatic N) is 3. The predicted octanol–water partition coefficient (Wildman–Crippen LogP) is 2.04. The maximum atomic E-state index is 3.90. The molecule has 84 valence electrons. The van der Waals surface area contributed by atoms with Crippen molar-refractivity contribution in [1.29, 1.82) is 0 Å². The van der Waals surface area contributed by atoms with Crippen molar-refractivity contribution in [3.8, 4) is 0 Å². The molecule has 3 heteroatoms. The Labute approximate surface area is 88.8 Å². The van der Waals surface area contributed by atoms with Gasteiger partial charge in [0.15, 0.2) is 0 Å². The Hall–Kier alpha value is -0.570. The quantitative estimate of drug-likeness (QED) is 0.500. The molecule has 0 N–H and O–H groups in total. The van der Waals surface area contributed by atoms with Crippen molar-refractivity contribution in [1.82, 2.24) is 9.91 Å². The van der Waals surface area contributed by atoms with E-state index in [1.54, 1.807) is 0 Å². The Morgan fingerprint density at radius 2 is 1.79 bits per heavy atom. The molecule has 0 unspecified atom stereocenters. The molecule has 0 spiro atoms. The second-order valence-corrected chi connectivity index (χ2v) is 3.96. The molecule has 1 fully saturated rings. The van der Waals surface area contributed by atoms with Crippen molar-refractivity contribution >= 4 is 6.72 Å². The van der Waals surface area contributed by atoms with Crippen LogP contribution in [0.1, 0.15) is 33.1 Å². The summed E-state index contributed by atoms with van der Waals surface area (Å²) < 4.78 is 0. The van der Waals surface area contributed by atoms with Crippen LogP contribution in [0.5, 0.6) is 0 Å². The van der Waals surface area contributed by atoms with Crippen LogP contribution in [0.25, 0.3) is 0 Å². The average molecular weight is 199 g/mol. The van der Waals surface area contributed by atoms with Crippen molar-refractivity contribution < 1.29 is 0 Å². The first kappa shape index (κ1) is 13.4. The molecule has 0 aliphatic carbocycles. The van der Waals surface area contributed by atoms with Gasteiger partial charge in [0.25, 0.3) is 0 Å². The Morgan fingerprint density at radius 3 is 2.14 bits per heavy atom. The summed E-state index contributed by atoms with van der Waals surface area (Å²) in [6.45, 7) is 10.1. The number of piperidine rings is 1. The van der Waals surface area contributed by atoms with Gasteiger partial charge in [-0.15, -0.1) is 0 Å². The van der Waals surface area contributed by atoms with Gasteiger partial charge in [-0.1, -0.05) is 20.3 Å². The monoisotopic (exact) mass is 199 g/mol. The molecule has 0 radical (unpaired) electrons. The van der Waals surface area contributed by atoms with E-state index in [0.29, 0.717) is 6.04 Å². The van der Waals surface area contributed by atoms with Crippen LogP contribution in [-0.2, 0) is 0 Å². The third-order valence-corrected chi connectivity index (χ3v) is 2.44. The number of likely N-dealkylation sites (tertiary alicyclic amines) is 1. The van der Waals surface area contributed by atoms with Crippen molar-refractivity contribution in [2.75, 3.05) is 27.2 Å². The van der Waals surface area contributed by atoms with Crippen molar-refractivity contribution in [2.45, 2.75) is 39.2 Å². The fourth-order valence-electron chi connectivity index (χ4n) is 1.48. The predicted molar refractivity (Wildman–Crippen MR) is 63.8 cm³/mol. The van der Waals surface area contributed by atoms with Gasteiger partial charge >= 0.3 is 0 Å². The molecule has 1 saturated heterocycles. The largest absolute Gasteiger partial charge is 0.306 e. The zero-order valence-electron chi connectivity index (χ0n) is 10.2. The topological polar surface area (TPSA) is 18.8 Å². The van der Waals surface area contributed by atoms with Crippen LogP contribution in [0.3, 0.4) is 0 Å². The van der Waals surface area contributed by atoms with E-state index in [0.717, 1.165) is 0 Å². The van der Waals surface area contributed by atoms with Crippen molar-refractivity contribution in [3.05, 3.63) is 0 Å². The van der Waals surface area contributed by atoms with E-state index in [1.807, 2.05) is 12.1 Å². The van der Waals surface area contributed by atoms with Crippen LogP contribution in [0.4, 0.5) is 0 Å². The second-order valence-electron chi connectivity index (χ2n) is 3.96. The van der Waals surface area contributed by atoms with Crippen LogP contribution < -0.4 is 0 Å². The van der Waals surface area contributed by atoms with Gasteiger partial charge in [0.2, 0.25) is 0 Å². The van der Waals surface area contributed by atoms with Crippen molar-refractivity contribution in [3.63, 3.8) is 0 Å². The third kappa shape index (κ3) is 5.22. The summed E-state index contributed by atoms with van der Waals surface area (Å²) in [5.41, 5.74) is 0. The molecule has 3 nitrogen and oxygen atoms in total. The van der Waals surface area contributed by atoms with Crippen LogP contribution in [0.15, 0.2) is 5.10 Å². The number of hydrogen-bond acceptors (Lipinski definition) is 3. The Kier molecular flexibility index (Phi) is 7.48. The first-order valence-electron chi connectivity index (χ1n) is 5.53. The molecule has 0 aromatic carbocycles. The second kappa shape index (κ2) is 7.80. The number of hydrazone groups is 1. The summed E-state index contributed by atoms with van der Waals surface area (Å²) in [5, 5.41) is 5.88. The summed E-state index contributed by atoms with van der Waals surface area (Å²) >= 11 is 0. The molecule has 14 heavy (non-hydrogen) atoms. The third-order valence-electron chi connectivity index (χ3n) is 2.44. The maximum absolute atomic E-state index is 3.90. The Morgan fingerprint density at radius 1 is 1.36 bits per heavy atom. The van der Waals surface area contributed by atoms with Crippen LogP contribution >= 0.6 is 0 Å². The molecular formula is C11H25N3. The lowest BCUT2D eigenvalue weighted by atomic mass is 10.1. The van der Waals surface area contributed by atoms with Crippen LogP contribution in [-0.4, -0.2) is 49.9 Å². The lowest BCUT2D eigenvalue weighted by molar-refractivity contribution is 0.149. The van der Waals surface area contributed by atoms with Gasteiger partial charge in [-0.05, 0) is 33.0 Å². The molecule has 1 aliphatic heterocycles. The van der Waals surface area contributed by atoms with Crippen LogP contribution in [0.2, 0.25) is 0 Å². The highest BCUT2D eigenvalue weighted by molar-refractivity contribution is 5.22. The molecular weight excluding hydrogens is 174 g/mol. The first-order chi connectivity index (χ1) is 6.65. The minimum atomic E-state index is 0.615. The molecule has 0 atom stereocenters. The minimum absolute atomic E-state index is 0.615. The summed E-state index contributed by atoms with van der Waals surface area (Å²) in [6.07, 6.45) is 3.68. The highest BCUT2D eigenvalue weighted by atomic mass is 15.4. The summed E-state index contributed by atoms with van der Waals surface area (Å²) in [6, 6.07) is 0.615. The van der Waals surface area contributed by atoms with Gasteiger partial charge < -0.3 is 4.90 Å². The van der Waals surface area contributed by atoms with Gasteiger partial charge in [-0.2, -0.15) is 5.10 Å². The van der Waals surface area contributed by atoms with Gasteiger partial charge in [0.05, 0.1) is 0 Å². The van der Waals surface area contributed by atoms with E-state index in [-0.39, 0.29) is 0 Å². The first-order valence-corrected chi connectivity index (χ1v) is 5.53. The van der Waals surface area contributed by atoms with Gasteiger partial charge in [-0.3, -0.25) is 5.01 Å². The van der Waals surface area contributed by atoms with E-state index in [9.17, 15) is 0 Å². The van der Waals surface area contributed by atoms with Crippen molar-refractivity contribution in [2.24, 2.45) is 5.10 Å². The Balaban J connectivity index is 0.000000500. The highest BCUT2D eigenvalue weighted by Gasteiger charge is 2.18. The van der Waals surface area contributed by atoms with E-state index in [2.05, 4.69) is 37.6 Å². The van der Waals surface area contributed by atoms with E-state index < -0.39 is 0 Å². The lowest BCUT2D eigenvalue weighted by Crippen LogP contribution is -2.39. The van der Waals surface area contributed by atoms with Crippen LogP contribution in [0, 0.1) is 0 Å². The smallest absolute Gasteiger partial charge is 0.0491 e. The Bertz CT molecular complexity index is 139. The van der Waals surface area contributed by atoms with Gasteiger partial charge in [0, 0.05) is 19.8 Å². The fourth-order valence-corrected chi connectivity index (χ4v) is 1.48. The normalized spacial score (nSPS) is 18.3. The molecule has 0 aromatic rings. The number of hydrogen-bond donors (Lipinski definition) is 0. The lowest BCUT2D eigenvalue weighted by Gasteiger charge is -2.33. The molecule has 0 amide bonds. The minimum Gasteiger partial charge on any atom is -0.306 e. The molecule has 1 heterocycles. The van der Waals surface area contributed by atoms with E-state index in [1.165, 1.54) is 32.4 Å². The molecule has 1 aliphatic rings. The van der Waals surface area contributed by atoms with E-state index >= 15 is 0 Å². The summed E-state index contributed by atoms with van der Waals surface area (Å²) in [4.78, 5) is 2.35. The maximum Gasteiger partial charge on any atom is 0.0491 e. The molecule has 0 aromatic heterocycles. The standard InChI is InChI=1S/C8H17N3.C3H8/c1-9-11(3)8-4-6-10(2)7-5-8;1-3-2/h8H,1,4-7H2,2-3H3;3H2,1-2H3. The molecule has 1 rings (SSSR count). The van der Waals surface area contributed by atoms with Gasteiger partial charge in [-0.25, -0.2) is 0 Å². The fraction of sp³-hybridized carbons (Fsp3) is 0.909. The number of rotatable bonds is 2. The summed E-state index contributed by atoms with van der Waals surface area (Å²) in [7, 11) is 4.17. The average Bonchev–Trinajstić information content (AvgIpc) is 2.19. The van der Waals surface area contributed by atoms with E-state index in [4.69, 9.17) is 0 Å². The highest BCUT2D eigenvalue weighted by Crippen LogP contribution is 2.13. The zero-order chi connectivity index (χ0) is 11.0. The molecule has 0 bridgehead atoms.